The highest BCUT2D eigenvalue weighted by molar-refractivity contribution is 5.60. The van der Waals surface area contributed by atoms with Crippen LogP contribution < -0.4 is 11.1 Å². The molecule has 2 aromatic heterocycles. The summed E-state index contributed by atoms with van der Waals surface area (Å²) < 4.78 is 1.64. The number of aryl methyl sites for hydroxylation is 2. The number of nitrogens with two attached hydrogens (primary N) is 1. The number of hydrogen-bond acceptors (Lipinski definition) is 7. The van der Waals surface area contributed by atoms with Crippen molar-refractivity contribution in [3.63, 3.8) is 0 Å². The van der Waals surface area contributed by atoms with Crippen molar-refractivity contribution in [1.29, 1.82) is 0 Å². The lowest BCUT2D eigenvalue weighted by atomic mass is 10.3. The molecule has 0 fully saturated rings. The molecule has 100 valence electrons. The average Bonchev–Trinajstić information content (AvgIpc) is 2.71. The second-order valence-electron chi connectivity index (χ2n) is 4.00. The van der Waals surface area contributed by atoms with Crippen molar-refractivity contribution in [2.75, 3.05) is 11.1 Å². The van der Waals surface area contributed by atoms with E-state index in [4.69, 9.17) is 5.73 Å². The summed E-state index contributed by atoms with van der Waals surface area (Å²) in [5.41, 5.74) is 6.44. The fourth-order valence-electron chi connectivity index (χ4n) is 1.68. The molecule has 0 bridgehead atoms. The molecular weight excluding hydrogens is 250 g/mol. The number of nitro groups is 1. The van der Waals surface area contributed by atoms with E-state index < -0.39 is 4.92 Å². The fourth-order valence-corrected chi connectivity index (χ4v) is 1.68. The molecule has 2 aromatic rings. The van der Waals surface area contributed by atoms with Gasteiger partial charge in [-0.1, -0.05) is 0 Å². The number of nitrogens with one attached hydrogen (secondary N) is 1. The molecule has 2 heterocycles. The van der Waals surface area contributed by atoms with Crippen LogP contribution in [0.25, 0.3) is 0 Å². The highest BCUT2D eigenvalue weighted by Crippen LogP contribution is 2.26. The SMILES string of the molecule is Cc1nc(N)nc(NCc2cnn(C)c2)c1[N+](=O)[O-]. The van der Waals surface area contributed by atoms with E-state index >= 15 is 0 Å². The molecule has 19 heavy (non-hydrogen) atoms. The van der Waals surface area contributed by atoms with Gasteiger partial charge < -0.3 is 11.1 Å². The molecule has 3 N–H and O–H groups in total. The van der Waals surface area contributed by atoms with E-state index in [2.05, 4.69) is 20.4 Å². The molecule has 0 unspecified atom stereocenters. The van der Waals surface area contributed by atoms with Gasteiger partial charge in [0.05, 0.1) is 11.1 Å². The first-order chi connectivity index (χ1) is 8.97. The Morgan fingerprint density at radius 1 is 1.53 bits per heavy atom. The minimum Gasteiger partial charge on any atom is -0.368 e. The van der Waals surface area contributed by atoms with Gasteiger partial charge >= 0.3 is 5.69 Å². The quantitative estimate of drug-likeness (QED) is 0.611. The standard InChI is InChI=1S/C10H13N7O2/c1-6-8(17(18)19)9(15-10(11)14-6)12-3-7-4-13-16(2)5-7/h4-5H,3H2,1-2H3,(H3,11,12,14,15). The van der Waals surface area contributed by atoms with Crippen LogP contribution in [0.2, 0.25) is 0 Å². The minimum atomic E-state index is -0.527. The van der Waals surface area contributed by atoms with Crippen LogP contribution in [0.15, 0.2) is 12.4 Å². The molecule has 0 aliphatic heterocycles. The first-order valence-electron chi connectivity index (χ1n) is 5.47. The van der Waals surface area contributed by atoms with E-state index in [1.807, 2.05) is 0 Å². The first kappa shape index (κ1) is 12.7. The molecule has 0 aliphatic rings. The van der Waals surface area contributed by atoms with Crippen LogP contribution in [0.1, 0.15) is 11.3 Å². The minimum absolute atomic E-state index is 0.00298. The summed E-state index contributed by atoms with van der Waals surface area (Å²) in [5, 5.41) is 17.9. The van der Waals surface area contributed by atoms with Crippen molar-refractivity contribution in [3.05, 3.63) is 33.8 Å². The summed E-state index contributed by atoms with van der Waals surface area (Å²) in [4.78, 5) is 18.1. The summed E-state index contributed by atoms with van der Waals surface area (Å²) in [6.45, 7) is 1.88. The van der Waals surface area contributed by atoms with Gasteiger partial charge in [-0.2, -0.15) is 10.1 Å². The Kier molecular flexibility index (Phi) is 3.27. The topological polar surface area (TPSA) is 125 Å². The Morgan fingerprint density at radius 2 is 2.26 bits per heavy atom. The second-order valence-corrected chi connectivity index (χ2v) is 4.00. The summed E-state index contributed by atoms with van der Waals surface area (Å²) >= 11 is 0. The number of rotatable bonds is 4. The summed E-state index contributed by atoms with van der Waals surface area (Å²) in [5.74, 6) is 0.107. The van der Waals surface area contributed by atoms with Crippen molar-refractivity contribution in [3.8, 4) is 0 Å². The summed E-state index contributed by atoms with van der Waals surface area (Å²) in [6.07, 6.45) is 3.46. The molecule has 0 amide bonds. The van der Waals surface area contributed by atoms with Crippen LogP contribution >= 0.6 is 0 Å². The zero-order valence-electron chi connectivity index (χ0n) is 10.5. The Balaban J connectivity index is 2.26. The zero-order chi connectivity index (χ0) is 14.0. The van der Waals surface area contributed by atoms with Crippen LogP contribution in [0, 0.1) is 17.0 Å². The Morgan fingerprint density at radius 3 is 2.84 bits per heavy atom. The lowest BCUT2D eigenvalue weighted by molar-refractivity contribution is -0.385. The van der Waals surface area contributed by atoms with Gasteiger partial charge in [0.2, 0.25) is 11.8 Å². The zero-order valence-corrected chi connectivity index (χ0v) is 10.5. The molecule has 9 nitrogen and oxygen atoms in total. The number of hydrogen-bond donors (Lipinski definition) is 2. The van der Waals surface area contributed by atoms with E-state index in [0.29, 0.717) is 6.54 Å². The maximum Gasteiger partial charge on any atom is 0.332 e. The molecular formula is C10H13N7O2. The smallest absolute Gasteiger partial charge is 0.332 e. The largest absolute Gasteiger partial charge is 0.368 e. The summed E-state index contributed by atoms with van der Waals surface area (Å²) in [7, 11) is 1.79. The molecule has 2 rings (SSSR count). The van der Waals surface area contributed by atoms with Crippen molar-refractivity contribution < 1.29 is 4.92 Å². The predicted molar refractivity (Wildman–Crippen MR) is 68.4 cm³/mol. The number of nitrogen functional groups attached to an aromatic ring is 1. The van der Waals surface area contributed by atoms with E-state index in [9.17, 15) is 10.1 Å². The molecule has 0 saturated carbocycles. The third kappa shape index (κ3) is 2.76. The molecule has 0 radical (unpaired) electrons. The van der Waals surface area contributed by atoms with Crippen molar-refractivity contribution in [1.82, 2.24) is 19.7 Å². The monoisotopic (exact) mass is 263 g/mol. The molecule has 0 aliphatic carbocycles. The summed E-state index contributed by atoms with van der Waals surface area (Å²) in [6, 6.07) is 0. The van der Waals surface area contributed by atoms with Gasteiger partial charge in [0.15, 0.2) is 0 Å². The third-order valence-corrected chi connectivity index (χ3v) is 2.48. The van der Waals surface area contributed by atoms with Gasteiger partial charge in [-0.15, -0.1) is 0 Å². The lowest BCUT2D eigenvalue weighted by Crippen LogP contribution is -2.09. The van der Waals surface area contributed by atoms with Crippen LogP contribution in [-0.4, -0.2) is 24.7 Å². The van der Waals surface area contributed by atoms with Gasteiger partial charge in [0, 0.05) is 25.4 Å². The lowest BCUT2D eigenvalue weighted by Gasteiger charge is -2.07. The maximum absolute atomic E-state index is 11.0. The van der Waals surface area contributed by atoms with Crippen LogP contribution in [0.4, 0.5) is 17.5 Å². The normalized spacial score (nSPS) is 10.4. The van der Waals surface area contributed by atoms with Crippen molar-refractivity contribution >= 4 is 17.5 Å². The van der Waals surface area contributed by atoms with Crippen LogP contribution in [0.3, 0.4) is 0 Å². The van der Waals surface area contributed by atoms with Gasteiger partial charge in [-0.05, 0) is 6.92 Å². The number of anilines is 2. The molecule has 0 atom stereocenters. The van der Waals surface area contributed by atoms with E-state index in [1.165, 1.54) is 6.92 Å². The molecule has 0 saturated heterocycles. The van der Waals surface area contributed by atoms with E-state index in [-0.39, 0.29) is 23.1 Å². The Hall–Kier alpha value is -2.71. The number of aromatic nitrogens is 4. The van der Waals surface area contributed by atoms with E-state index in [0.717, 1.165) is 5.56 Å². The molecule has 0 spiro atoms. The van der Waals surface area contributed by atoms with E-state index in [1.54, 1.807) is 24.1 Å². The number of nitrogens with zero attached hydrogens (tertiary/aromatic N) is 5. The van der Waals surface area contributed by atoms with Crippen molar-refractivity contribution in [2.24, 2.45) is 7.05 Å². The van der Waals surface area contributed by atoms with Gasteiger partial charge in [-0.3, -0.25) is 14.8 Å². The molecule has 9 heteroatoms. The fraction of sp³-hybridized carbons (Fsp3) is 0.300. The third-order valence-electron chi connectivity index (χ3n) is 2.48. The van der Waals surface area contributed by atoms with Crippen LogP contribution in [-0.2, 0) is 13.6 Å². The maximum atomic E-state index is 11.0. The highest BCUT2D eigenvalue weighted by Gasteiger charge is 2.21. The Bertz CT molecular complexity index is 622. The average molecular weight is 263 g/mol. The van der Waals surface area contributed by atoms with Gasteiger partial charge in [-0.25, -0.2) is 4.98 Å². The first-order valence-corrected chi connectivity index (χ1v) is 5.47. The van der Waals surface area contributed by atoms with Gasteiger partial charge in [0.1, 0.15) is 5.69 Å². The highest BCUT2D eigenvalue weighted by atomic mass is 16.6. The predicted octanol–water partition coefficient (Wildman–Crippen LogP) is 0.621. The van der Waals surface area contributed by atoms with Crippen LogP contribution in [0.5, 0.6) is 0 Å². The van der Waals surface area contributed by atoms with Gasteiger partial charge in [0.25, 0.3) is 0 Å². The molecule has 0 aromatic carbocycles. The van der Waals surface area contributed by atoms with Crippen molar-refractivity contribution in [2.45, 2.75) is 13.5 Å². The Labute approximate surface area is 108 Å². The second kappa shape index (κ2) is 4.88.